The summed E-state index contributed by atoms with van der Waals surface area (Å²) in [7, 11) is 0. The van der Waals surface area contributed by atoms with Gasteiger partial charge in [0.05, 0.1) is 11.1 Å². The number of ether oxygens (including phenoxy) is 1. The van der Waals surface area contributed by atoms with Crippen LogP contribution in [0.4, 0.5) is 0 Å². The van der Waals surface area contributed by atoms with Gasteiger partial charge in [-0.3, -0.25) is 14.0 Å². The van der Waals surface area contributed by atoms with E-state index in [-0.39, 0.29) is 23.4 Å². The molecule has 0 bridgehead atoms. The van der Waals surface area contributed by atoms with Crippen LogP contribution in [0.25, 0.3) is 16.4 Å². The fourth-order valence-electron chi connectivity index (χ4n) is 2.86. The molecule has 4 aromatic rings. The monoisotopic (exact) mass is 362 g/mol. The maximum atomic E-state index is 12.4. The van der Waals surface area contributed by atoms with E-state index in [1.807, 2.05) is 13.0 Å². The Hall–Kier alpha value is -3.81. The van der Waals surface area contributed by atoms with E-state index in [0.29, 0.717) is 22.1 Å². The molecule has 4 rings (SSSR count). The molecule has 1 aromatic carbocycles. The summed E-state index contributed by atoms with van der Waals surface area (Å²) in [6, 6.07) is 11.5. The van der Waals surface area contributed by atoms with Crippen LogP contribution < -0.4 is 11.1 Å². The number of nitrogens with one attached hydrogen (secondary N) is 1. The number of aromatic amines is 1. The van der Waals surface area contributed by atoms with Crippen LogP contribution in [-0.2, 0) is 11.3 Å². The lowest BCUT2D eigenvalue weighted by Gasteiger charge is -2.08. The number of H-pyrrole nitrogens is 1. The molecular formula is C19H14N4O4. The molecule has 0 radical (unpaired) electrons. The molecular weight excluding hydrogens is 348 g/mol. The van der Waals surface area contributed by atoms with Gasteiger partial charge in [0.1, 0.15) is 12.3 Å². The number of fused-ring (bicyclic) bond motifs is 2. The summed E-state index contributed by atoms with van der Waals surface area (Å²) >= 11 is 0. The molecule has 8 heteroatoms. The molecule has 0 amide bonds. The number of hydrogen-bond acceptors (Lipinski definition) is 6. The van der Waals surface area contributed by atoms with Gasteiger partial charge in [-0.25, -0.2) is 14.9 Å². The quantitative estimate of drug-likeness (QED) is 0.555. The third kappa shape index (κ3) is 2.97. The summed E-state index contributed by atoms with van der Waals surface area (Å²) < 4.78 is 6.70. The first-order valence-electron chi connectivity index (χ1n) is 8.17. The number of nitrogens with zero attached hydrogens (tertiary/aromatic N) is 3. The van der Waals surface area contributed by atoms with Crippen molar-refractivity contribution >= 4 is 22.4 Å². The van der Waals surface area contributed by atoms with Crippen molar-refractivity contribution in [2.75, 3.05) is 0 Å². The zero-order valence-corrected chi connectivity index (χ0v) is 14.3. The Labute approximate surface area is 152 Å². The minimum Gasteiger partial charge on any atom is -0.454 e. The molecule has 0 aliphatic carbocycles. The fraction of sp³-hybridized carbons (Fsp3) is 0.105. The summed E-state index contributed by atoms with van der Waals surface area (Å²) in [5.74, 6) is -0.714. The van der Waals surface area contributed by atoms with Gasteiger partial charge in [0, 0.05) is 17.6 Å². The highest BCUT2D eigenvalue weighted by atomic mass is 16.5. The van der Waals surface area contributed by atoms with Gasteiger partial charge in [-0.15, -0.1) is 0 Å². The van der Waals surface area contributed by atoms with Crippen LogP contribution in [0.15, 0.2) is 58.3 Å². The number of carbonyl (C=O) groups is 1. The topological polar surface area (TPSA) is 106 Å². The molecule has 8 nitrogen and oxygen atoms in total. The highest BCUT2D eigenvalue weighted by Crippen LogP contribution is 2.14. The van der Waals surface area contributed by atoms with Crippen LogP contribution in [0.5, 0.6) is 0 Å². The number of aryl methyl sites for hydroxylation is 1. The molecule has 134 valence electrons. The minimum absolute atomic E-state index is 0.00103. The van der Waals surface area contributed by atoms with Gasteiger partial charge in [0.2, 0.25) is 0 Å². The second-order valence-electron chi connectivity index (χ2n) is 5.99. The average molecular weight is 362 g/mol. The van der Waals surface area contributed by atoms with Crippen molar-refractivity contribution in [2.45, 2.75) is 13.5 Å². The highest BCUT2D eigenvalue weighted by molar-refractivity contribution is 6.01. The van der Waals surface area contributed by atoms with Gasteiger partial charge in [0.25, 0.3) is 11.1 Å². The Morgan fingerprint density at radius 3 is 2.74 bits per heavy atom. The number of pyridine rings is 1. The van der Waals surface area contributed by atoms with Crippen molar-refractivity contribution in [3.8, 4) is 0 Å². The number of aromatic nitrogens is 4. The van der Waals surface area contributed by atoms with E-state index in [2.05, 4.69) is 15.2 Å². The van der Waals surface area contributed by atoms with Crippen LogP contribution in [0.3, 0.4) is 0 Å². The van der Waals surface area contributed by atoms with Crippen LogP contribution >= 0.6 is 0 Å². The second kappa shape index (κ2) is 6.49. The SMILES string of the molecule is Cc1cccn2c(=O)cc(COC(=O)c3n[nH]c(=O)c4ccccc34)nc12. The molecule has 27 heavy (non-hydrogen) atoms. The summed E-state index contributed by atoms with van der Waals surface area (Å²) in [4.78, 5) is 40.8. The summed E-state index contributed by atoms with van der Waals surface area (Å²) in [5, 5.41) is 6.83. The van der Waals surface area contributed by atoms with Crippen molar-refractivity contribution in [3.63, 3.8) is 0 Å². The Morgan fingerprint density at radius 1 is 1.15 bits per heavy atom. The Balaban J connectivity index is 1.65. The van der Waals surface area contributed by atoms with Crippen molar-refractivity contribution < 1.29 is 9.53 Å². The van der Waals surface area contributed by atoms with Crippen molar-refractivity contribution in [1.82, 2.24) is 19.6 Å². The van der Waals surface area contributed by atoms with E-state index >= 15 is 0 Å². The number of rotatable bonds is 3. The lowest BCUT2D eigenvalue weighted by atomic mass is 10.1. The largest absolute Gasteiger partial charge is 0.454 e. The average Bonchev–Trinajstić information content (AvgIpc) is 2.67. The molecule has 0 saturated heterocycles. The molecule has 1 N–H and O–H groups in total. The maximum Gasteiger partial charge on any atom is 0.359 e. The number of carbonyl (C=O) groups excluding carboxylic acids is 1. The van der Waals surface area contributed by atoms with E-state index in [1.54, 1.807) is 36.5 Å². The van der Waals surface area contributed by atoms with Crippen LogP contribution in [0, 0.1) is 6.92 Å². The molecule has 0 atom stereocenters. The third-order valence-corrected chi connectivity index (χ3v) is 4.18. The first kappa shape index (κ1) is 16.6. The van der Waals surface area contributed by atoms with Gasteiger partial charge in [0.15, 0.2) is 5.69 Å². The Kier molecular flexibility index (Phi) is 4.00. The predicted molar refractivity (Wildman–Crippen MR) is 97.7 cm³/mol. The lowest BCUT2D eigenvalue weighted by Crippen LogP contribution is -2.18. The van der Waals surface area contributed by atoms with Gasteiger partial charge in [-0.1, -0.05) is 24.3 Å². The highest BCUT2D eigenvalue weighted by Gasteiger charge is 2.16. The maximum absolute atomic E-state index is 12.4. The van der Waals surface area contributed by atoms with Crippen molar-refractivity contribution in [3.05, 3.63) is 86.3 Å². The van der Waals surface area contributed by atoms with Crippen LogP contribution in [0.1, 0.15) is 21.7 Å². The van der Waals surface area contributed by atoms with Crippen LogP contribution in [0.2, 0.25) is 0 Å². The summed E-state index contributed by atoms with van der Waals surface area (Å²) in [6.45, 7) is 1.65. The predicted octanol–water partition coefficient (Wildman–Crippen LogP) is 1.60. The van der Waals surface area contributed by atoms with Gasteiger partial charge < -0.3 is 4.74 Å². The second-order valence-corrected chi connectivity index (χ2v) is 5.99. The van der Waals surface area contributed by atoms with Crippen molar-refractivity contribution in [1.29, 1.82) is 0 Å². The third-order valence-electron chi connectivity index (χ3n) is 4.18. The summed E-state index contributed by atoms with van der Waals surface area (Å²) in [5.41, 5.74) is 1.01. The standard InChI is InChI=1S/C19H14N4O4/c1-11-5-4-8-23-15(24)9-12(20-17(11)23)10-27-19(26)16-13-6-2-3-7-14(13)18(25)22-21-16/h2-9H,10H2,1H3,(H,22,25). The molecule has 0 aliphatic heterocycles. The van der Waals surface area contributed by atoms with E-state index in [1.165, 1.54) is 10.5 Å². The van der Waals surface area contributed by atoms with E-state index in [4.69, 9.17) is 4.74 Å². The van der Waals surface area contributed by atoms with Gasteiger partial charge in [-0.05, 0) is 24.6 Å². The molecule has 3 aromatic heterocycles. The van der Waals surface area contributed by atoms with Gasteiger partial charge >= 0.3 is 5.97 Å². The number of hydrogen-bond donors (Lipinski definition) is 1. The van der Waals surface area contributed by atoms with Crippen molar-refractivity contribution in [2.24, 2.45) is 0 Å². The Morgan fingerprint density at radius 2 is 1.93 bits per heavy atom. The van der Waals surface area contributed by atoms with E-state index in [9.17, 15) is 14.4 Å². The normalized spacial score (nSPS) is 11.0. The minimum atomic E-state index is -0.714. The molecule has 0 aliphatic rings. The first-order valence-corrected chi connectivity index (χ1v) is 8.17. The number of benzene rings is 1. The molecule has 3 heterocycles. The number of esters is 1. The fourth-order valence-corrected chi connectivity index (χ4v) is 2.86. The van der Waals surface area contributed by atoms with Crippen LogP contribution in [-0.4, -0.2) is 25.6 Å². The van der Waals surface area contributed by atoms with E-state index in [0.717, 1.165) is 5.56 Å². The van der Waals surface area contributed by atoms with E-state index < -0.39 is 5.97 Å². The first-order chi connectivity index (χ1) is 13.0. The smallest absolute Gasteiger partial charge is 0.359 e. The molecule has 0 fully saturated rings. The Bertz CT molecular complexity index is 1310. The van der Waals surface area contributed by atoms with Gasteiger partial charge in [-0.2, -0.15) is 5.10 Å². The zero-order chi connectivity index (χ0) is 19.0. The summed E-state index contributed by atoms with van der Waals surface area (Å²) in [6.07, 6.45) is 1.63. The molecule has 0 spiro atoms. The molecule has 0 unspecified atom stereocenters. The molecule has 0 saturated carbocycles. The zero-order valence-electron chi connectivity index (χ0n) is 14.3. The lowest BCUT2D eigenvalue weighted by molar-refractivity contribution is 0.0462.